The number of nitrogens with one attached hydrogen (secondary N) is 2. The van der Waals surface area contributed by atoms with Crippen LogP contribution < -0.4 is 5.32 Å². The molecule has 0 atom stereocenters. The van der Waals surface area contributed by atoms with Gasteiger partial charge < -0.3 is 34.9 Å². The Morgan fingerprint density at radius 2 is 1.69 bits per heavy atom. The first-order valence-corrected chi connectivity index (χ1v) is 12.3. The summed E-state index contributed by atoms with van der Waals surface area (Å²) in [4.78, 5) is 46.6. The van der Waals surface area contributed by atoms with E-state index in [1.807, 2.05) is 42.1 Å². The summed E-state index contributed by atoms with van der Waals surface area (Å²) in [6.07, 6.45) is 4.63. The Hall–Kier alpha value is -4.55. The smallest absolute Gasteiger partial charge is 0.290 e. The Balaban J connectivity index is 0.000000643. The average Bonchev–Trinajstić information content (AvgIpc) is 3.55. The van der Waals surface area contributed by atoms with Gasteiger partial charge in [0.2, 0.25) is 0 Å². The maximum atomic E-state index is 12.8. The highest BCUT2D eigenvalue weighted by Gasteiger charge is 2.14. The number of aromatic nitrogens is 4. The summed E-state index contributed by atoms with van der Waals surface area (Å²) in [6.45, 7) is 5.12. The zero-order valence-corrected chi connectivity index (χ0v) is 21.9. The van der Waals surface area contributed by atoms with Gasteiger partial charge in [-0.2, -0.15) is 0 Å². The van der Waals surface area contributed by atoms with Gasteiger partial charge in [0.25, 0.3) is 18.9 Å². The van der Waals surface area contributed by atoms with Crippen molar-refractivity contribution in [2.45, 2.75) is 6.42 Å². The van der Waals surface area contributed by atoms with Crippen LogP contribution >= 0.6 is 0 Å². The van der Waals surface area contributed by atoms with Gasteiger partial charge in [0.15, 0.2) is 11.6 Å². The molecule has 2 aromatic heterocycles. The number of aryl methyl sites for hydroxylation is 1. The summed E-state index contributed by atoms with van der Waals surface area (Å²) >= 11 is 0. The molecule has 4 aromatic rings. The van der Waals surface area contributed by atoms with E-state index < -0.39 is 0 Å². The standard InChI is InChI=1S/C25H29N7O.2CH2O2/c1-30-13-15-32(16-14-30)11-9-18-3-6-20(7-4-18)27-25(33)19-5-8-21-22(17-19)29-23(28-21)24-26-10-12-31(24)2;2*2-1-3/h3-8,10,12,17H,9,11,13-16H2,1-2H3,(H,27,33)(H,28,29);2*1H,(H,2,3). The highest BCUT2D eigenvalue weighted by Crippen LogP contribution is 2.21. The predicted molar refractivity (Wildman–Crippen MR) is 148 cm³/mol. The lowest BCUT2D eigenvalue weighted by atomic mass is 10.1. The lowest BCUT2D eigenvalue weighted by Crippen LogP contribution is -2.45. The number of likely N-dealkylation sites (N-methyl/N-ethyl adjacent to an activating group) is 1. The van der Waals surface area contributed by atoms with E-state index in [-0.39, 0.29) is 18.9 Å². The number of nitrogens with zero attached hydrogens (tertiary/aromatic N) is 5. The molecule has 4 N–H and O–H groups in total. The molecule has 1 saturated heterocycles. The van der Waals surface area contributed by atoms with Gasteiger partial charge >= 0.3 is 0 Å². The van der Waals surface area contributed by atoms with E-state index in [0.717, 1.165) is 61.7 Å². The Morgan fingerprint density at radius 3 is 2.31 bits per heavy atom. The molecule has 39 heavy (non-hydrogen) atoms. The van der Waals surface area contributed by atoms with Crippen LogP contribution in [0.1, 0.15) is 15.9 Å². The largest absolute Gasteiger partial charge is 0.483 e. The lowest BCUT2D eigenvalue weighted by molar-refractivity contribution is -0.123. The van der Waals surface area contributed by atoms with E-state index >= 15 is 0 Å². The van der Waals surface area contributed by atoms with E-state index in [4.69, 9.17) is 19.8 Å². The first kappa shape index (κ1) is 29.0. The number of H-pyrrole nitrogens is 1. The number of imidazole rings is 2. The second-order valence-corrected chi connectivity index (χ2v) is 8.94. The van der Waals surface area contributed by atoms with Crippen molar-refractivity contribution < 1.29 is 24.6 Å². The van der Waals surface area contributed by atoms with E-state index in [1.54, 1.807) is 12.3 Å². The number of aromatic amines is 1. The normalized spacial score (nSPS) is 13.5. The van der Waals surface area contributed by atoms with Gasteiger partial charge in [-0.1, -0.05) is 12.1 Å². The molecular formula is C27H33N7O5. The van der Waals surface area contributed by atoms with Crippen LogP contribution in [-0.2, 0) is 23.1 Å². The molecule has 1 amide bonds. The van der Waals surface area contributed by atoms with Crippen molar-refractivity contribution in [1.29, 1.82) is 0 Å². The van der Waals surface area contributed by atoms with Gasteiger partial charge in [-0.25, -0.2) is 9.97 Å². The number of benzene rings is 2. The number of carboxylic acid groups (broad SMARTS) is 2. The highest BCUT2D eigenvalue weighted by molar-refractivity contribution is 6.06. The third-order valence-electron chi connectivity index (χ3n) is 6.30. The fraction of sp³-hybridized carbons (Fsp3) is 0.296. The number of carbonyl (C=O) groups excluding carboxylic acids is 1. The van der Waals surface area contributed by atoms with Crippen molar-refractivity contribution in [3.63, 3.8) is 0 Å². The molecular weight excluding hydrogens is 502 g/mol. The maximum absolute atomic E-state index is 12.8. The van der Waals surface area contributed by atoms with Crippen molar-refractivity contribution in [2.75, 3.05) is 45.1 Å². The number of carbonyl (C=O) groups is 3. The number of hydrogen-bond acceptors (Lipinski definition) is 7. The van der Waals surface area contributed by atoms with Crippen molar-refractivity contribution in [3.8, 4) is 11.6 Å². The summed E-state index contributed by atoms with van der Waals surface area (Å²) in [5, 5.41) is 16.8. The first-order valence-electron chi connectivity index (χ1n) is 12.3. The van der Waals surface area contributed by atoms with Crippen LogP contribution in [0.3, 0.4) is 0 Å². The zero-order valence-electron chi connectivity index (χ0n) is 21.9. The molecule has 0 saturated carbocycles. The third-order valence-corrected chi connectivity index (χ3v) is 6.30. The van der Waals surface area contributed by atoms with E-state index in [1.165, 1.54) is 5.56 Å². The molecule has 0 radical (unpaired) electrons. The molecule has 1 fully saturated rings. The molecule has 0 aliphatic carbocycles. The number of piperazine rings is 1. The fourth-order valence-electron chi connectivity index (χ4n) is 4.17. The molecule has 3 heterocycles. The number of rotatable bonds is 6. The molecule has 1 aliphatic heterocycles. The summed E-state index contributed by atoms with van der Waals surface area (Å²) < 4.78 is 1.90. The molecule has 0 bridgehead atoms. The van der Waals surface area contributed by atoms with E-state index in [9.17, 15) is 4.79 Å². The number of anilines is 1. The molecule has 12 heteroatoms. The molecule has 206 valence electrons. The van der Waals surface area contributed by atoms with Gasteiger partial charge in [-0.3, -0.25) is 14.4 Å². The van der Waals surface area contributed by atoms with Crippen LogP contribution in [0.5, 0.6) is 0 Å². The van der Waals surface area contributed by atoms with Gasteiger partial charge in [-0.15, -0.1) is 0 Å². The average molecular weight is 536 g/mol. The van der Waals surface area contributed by atoms with E-state index in [0.29, 0.717) is 11.4 Å². The Bertz CT molecular complexity index is 1350. The molecule has 2 aromatic carbocycles. The molecule has 1 aliphatic rings. The second kappa shape index (κ2) is 14.4. The van der Waals surface area contributed by atoms with Crippen LogP contribution in [-0.4, -0.2) is 98.2 Å². The zero-order chi connectivity index (χ0) is 28.2. The van der Waals surface area contributed by atoms with Crippen molar-refractivity contribution in [1.82, 2.24) is 29.3 Å². The molecule has 5 rings (SSSR count). The fourth-order valence-corrected chi connectivity index (χ4v) is 4.17. The van der Waals surface area contributed by atoms with Gasteiger partial charge in [0, 0.05) is 63.4 Å². The molecule has 0 unspecified atom stereocenters. The highest BCUT2D eigenvalue weighted by atomic mass is 16.3. The van der Waals surface area contributed by atoms with Crippen molar-refractivity contribution in [3.05, 3.63) is 66.0 Å². The van der Waals surface area contributed by atoms with Crippen molar-refractivity contribution in [2.24, 2.45) is 7.05 Å². The second-order valence-electron chi connectivity index (χ2n) is 8.94. The van der Waals surface area contributed by atoms with Crippen molar-refractivity contribution >= 4 is 35.6 Å². The van der Waals surface area contributed by atoms with E-state index in [2.05, 4.69) is 49.2 Å². The monoisotopic (exact) mass is 535 g/mol. The quantitative estimate of drug-likeness (QED) is 0.272. The molecule has 12 nitrogen and oxygen atoms in total. The number of amides is 1. The third kappa shape index (κ3) is 8.22. The Labute approximate surface area is 225 Å². The topological polar surface area (TPSA) is 157 Å². The maximum Gasteiger partial charge on any atom is 0.290 e. The first-order chi connectivity index (χ1) is 18.9. The van der Waals surface area contributed by atoms with Gasteiger partial charge in [0.1, 0.15) is 0 Å². The SMILES string of the molecule is CN1CCN(CCc2ccc(NC(=O)c3ccc4nc(-c5nccn5C)[nH]c4c3)cc2)CC1.O=CO.O=CO. The van der Waals surface area contributed by atoms with Crippen LogP contribution in [0.15, 0.2) is 54.9 Å². The summed E-state index contributed by atoms with van der Waals surface area (Å²) in [5.41, 5.74) is 4.26. The minimum Gasteiger partial charge on any atom is -0.483 e. The van der Waals surface area contributed by atoms with Crippen LogP contribution in [0.25, 0.3) is 22.7 Å². The Kier molecular flexibility index (Phi) is 10.7. The Morgan fingerprint density at radius 1 is 1.03 bits per heavy atom. The van der Waals surface area contributed by atoms with Crippen LogP contribution in [0.4, 0.5) is 5.69 Å². The minimum atomic E-state index is -0.250. The summed E-state index contributed by atoms with van der Waals surface area (Å²) in [6, 6.07) is 13.6. The van der Waals surface area contributed by atoms with Crippen LogP contribution in [0.2, 0.25) is 0 Å². The number of hydrogen-bond donors (Lipinski definition) is 4. The summed E-state index contributed by atoms with van der Waals surface area (Å²) in [7, 11) is 4.10. The minimum absolute atomic E-state index is 0.143. The van der Waals surface area contributed by atoms with Gasteiger partial charge in [0.05, 0.1) is 11.0 Å². The van der Waals surface area contributed by atoms with Gasteiger partial charge in [-0.05, 0) is 49.4 Å². The summed E-state index contributed by atoms with van der Waals surface area (Å²) in [5.74, 6) is 1.29. The predicted octanol–water partition coefficient (Wildman–Crippen LogP) is 2.41. The molecule has 0 spiro atoms. The van der Waals surface area contributed by atoms with Crippen LogP contribution in [0, 0.1) is 0 Å². The number of fused-ring (bicyclic) bond motifs is 1. The lowest BCUT2D eigenvalue weighted by Gasteiger charge is -2.32.